The number of thiophene rings is 1. The number of hydrogen-bond acceptors (Lipinski definition) is 6. The monoisotopic (exact) mass is 380 g/mol. The van der Waals surface area contributed by atoms with Crippen molar-refractivity contribution in [1.29, 1.82) is 0 Å². The predicted molar refractivity (Wildman–Crippen MR) is 111 cm³/mol. The highest BCUT2D eigenvalue weighted by Gasteiger charge is 2.30. The zero-order chi connectivity index (χ0) is 18.2. The Morgan fingerprint density at radius 2 is 1.81 bits per heavy atom. The normalized spacial score (nSPS) is 18.3. The van der Waals surface area contributed by atoms with Gasteiger partial charge < -0.3 is 10.0 Å². The lowest BCUT2D eigenvalue weighted by molar-refractivity contribution is 0.188. The van der Waals surface area contributed by atoms with E-state index in [1.807, 2.05) is 0 Å². The molecule has 6 heteroatoms. The van der Waals surface area contributed by atoms with Gasteiger partial charge in [-0.3, -0.25) is 4.90 Å². The standard InChI is InChI=1S/C21H24N4OS/c26-13-12-24-8-10-25(11-9-24)20-18-17(15-4-2-1-3-5-15)14-27-21(18)23-19(22-20)16-6-7-16/h1-5,14,16,26H,6-13H2. The third kappa shape index (κ3) is 3.33. The molecule has 3 aromatic rings. The fourth-order valence-electron chi connectivity index (χ4n) is 3.85. The molecule has 1 N–H and O–H groups in total. The molecule has 140 valence electrons. The molecule has 1 aliphatic heterocycles. The van der Waals surface area contributed by atoms with Crippen molar-refractivity contribution in [2.24, 2.45) is 0 Å². The van der Waals surface area contributed by atoms with Crippen molar-refractivity contribution in [2.75, 3.05) is 44.2 Å². The Kier molecular flexibility index (Phi) is 4.55. The smallest absolute Gasteiger partial charge is 0.141 e. The van der Waals surface area contributed by atoms with E-state index in [9.17, 15) is 5.11 Å². The summed E-state index contributed by atoms with van der Waals surface area (Å²) in [6.07, 6.45) is 2.43. The first-order valence-electron chi connectivity index (χ1n) is 9.76. The van der Waals surface area contributed by atoms with E-state index in [0.29, 0.717) is 5.92 Å². The number of rotatable bonds is 5. The van der Waals surface area contributed by atoms with Gasteiger partial charge in [0.15, 0.2) is 0 Å². The summed E-state index contributed by atoms with van der Waals surface area (Å²) in [5.41, 5.74) is 2.47. The Morgan fingerprint density at radius 3 is 2.52 bits per heavy atom. The first-order valence-corrected chi connectivity index (χ1v) is 10.6. The molecule has 0 amide bonds. The van der Waals surface area contributed by atoms with Gasteiger partial charge in [0.1, 0.15) is 16.5 Å². The van der Waals surface area contributed by atoms with Gasteiger partial charge in [-0.15, -0.1) is 11.3 Å². The van der Waals surface area contributed by atoms with E-state index in [2.05, 4.69) is 45.5 Å². The highest BCUT2D eigenvalue weighted by atomic mass is 32.1. The predicted octanol–water partition coefficient (Wildman–Crippen LogP) is 3.35. The molecule has 27 heavy (non-hydrogen) atoms. The Balaban J connectivity index is 1.57. The van der Waals surface area contributed by atoms with Crippen LogP contribution in [0.4, 0.5) is 5.82 Å². The molecule has 3 heterocycles. The molecule has 2 aliphatic rings. The molecule has 0 atom stereocenters. The molecule has 0 bridgehead atoms. The lowest BCUT2D eigenvalue weighted by Crippen LogP contribution is -2.47. The molecule has 5 nitrogen and oxygen atoms in total. The van der Waals surface area contributed by atoms with E-state index in [4.69, 9.17) is 9.97 Å². The highest BCUT2D eigenvalue weighted by Crippen LogP contribution is 2.43. The van der Waals surface area contributed by atoms with E-state index in [1.165, 1.54) is 29.4 Å². The summed E-state index contributed by atoms with van der Waals surface area (Å²) >= 11 is 1.73. The van der Waals surface area contributed by atoms with Crippen LogP contribution in [0.15, 0.2) is 35.7 Å². The molecule has 1 saturated carbocycles. The maximum atomic E-state index is 9.21. The average molecular weight is 381 g/mol. The first kappa shape index (κ1) is 17.1. The number of piperazine rings is 1. The van der Waals surface area contributed by atoms with Crippen molar-refractivity contribution in [3.05, 3.63) is 41.5 Å². The molecule has 0 radical (unpaired) electrons. The van der Waals surface area contributed by atoms with Crippen LogP contribution in [0.1, 0.15) is 24.6 Å². The van der Waals surface area contributed by atoms with Crippen LogP contribution in [-0.4, -0.2) is 59.3 Å². The van der Waals surface area contributed by atoms with E-state index in [1.54, 1.807) is 11.3 Å². The number of aromatic nitrogens is 2. The molecule has 1 aliphatic carbocycles. The second kappa shape index (κ2) is 7.19. The van der Waals surface area contributed by atoms with Crippen LogP contribution >= 0.6 is 11.3 Å². The quantitative estimate of drug-likeness (QED) is 0.736. The van der Waals surface area contributed by atoms with Crippen LogP contribution in [0.5, 0.6) is 0 Å². The van der Waals surface area contributed by atoms with Crippen molar-refractivity contribution in [3.63, 3.8) is 0 Å². The van der Waals surface area contributed by atoms with Crippen LogP contribution in [0, 0.1) is 0 Å². The van der Waals surface area contributed by atoms with E-state index >= 15 is 0 Å². The van der Waals surface area contributed by atoms with Gasteiger partial charge in [-0.25, -0.2) is 9.97 Å². The molecule has 0 spiro atoms. The average Bonchev–Trinajstić information content (AvgIpc) is 3.48. The van der Waals surface area contributed by atoms with E-state index < -0.39 is 0 Å². The van der Waals surface area contributed by atoms with Crippen molar-refractivity contribution < 1.29 is 5.11 Å². The molecular weight excluding hydrogens is 356 g/mol. The SMILES string of the molecule is OCCN1CCN(c2nc(C3CC3)nc3scc(-c4ccccc4)c23)CC1. The third-order valence-corrected chi connectivity index (χ3v) is 6.42. The molecule has 0 unspecified atom stereocenters. The lowest BCUT2D eigenvalue weighted by Gasteiger charge is -2.35. The van der Waals surface area contributed by atoms with Gasteiger partial charge in [-0.2, -0.15) is 0 Å². The number of hydrogen-bond donors (Lipinski definition) is 1. The topological polar surface area (TPSA) is 52.5 Å². The van der Waals surface area contributed by atoms with Crippen LogP contribution < -0.4 is 4.90 Å². The summed E-state index contributed by atoms with van der Waals surface area (Å²) in [6.45, 7) is 4.81. The minimum absolute atomic E-state index is 0.228. The van der Waals surface area contributed by atoms with Gasteiger partial charge >= 0.3 is 0 Å². The number of nitrogens with zero attached hydrogens (tertiary/aromatic N) is 4. The Hall–Kier alpha value is -2.02. The molecule has 1 saturated heterocycles. The number of aliphatic hydroxyl groups is 1. The van der Waals surface area contributed by atoms with Gasteiger partial charge in [-0.05, 0) is 18.4 Å². The molecule has 5 rings (SSSR count). The highest BCUT2D eigenvalue weighted by molar-refractivity contribution is 7.17. The Labute approximate surface area is 163 Å². The van der Waals surface area contributed by atoms with Crippen LogP contribution in [-0.2, 0) is 0 Å². The minimum Gasteiger partial charge on any atom is -0.395 e. The summed E-state index contributed by atoms with van der Waals surface area (Å²) in [5.74, 6) is 2.67. The largest absolute Gasteiger partial charge is 0.395 e. The van der Waals surface area contributed by atoms with Crippen LogP contribution in [0.3, 0.4) is 0 Å². The van der Waals surface area contributed by atoms with Crippen molar-refractivity contribution in [3.8, 4) is 11.1 Å². The van der Waals surface area contributed by atoms with Crippen LogP contribution in [0.25, 0.3) is 21.3 Å². The third-order valence-electron chi connectivity index (χ3n) is 5.55. The number of β-amino-alcohol motifs (C(OH)–C–C–N with tert-alkyl or cyclic N) is 1. The summed E-state index contributed by atoms with van der Waals surface area (Å²) in [7, 11) is 0. The second-order valence-corrected chi connectivity index (χ2v) is 8.29. The maximum absolute atomic E-state index is 9.21. The van der Waals surface area contributed by atoms with Crippen molar-refractivity contribution >= 4 is 27.4 Å². The summed E-state index contributed by atoms with van der Waals surface area (Å²) in [4.78, 5) is 15.8. The van der Waals surface area contributed by atoms with Gasteiger partial charge in [0.2, 0.25) is 0 Å². The molecule has 1 aromatic carbocycles. The van der Waals surface area contributed by atoms with Gasteiger partial charge in [0.05, 0.1) is 12.0 Å². The minimum atomic E-state index is 0.228. The molecular formula is C21H24N4OS. The van der Waals surface area contributed by atoms with Gasteiger partial charge in [-0.1, -0.05) is 30.3 Å². The summed E-state index contributed by atoms with van der Waals surface area (Å²) in [5, 5.41) is 12.6. The number of fused-ring (bicyclic) bond motifs is 1. The number of aliphatic hydroxyl groups excluding tert-OH is 1. The second-order valence-electron chi connectivity index (χ2n) is 7.43. The zero-order valence-corrected chi connectivity index (χ0v) is 16.2. The Morgan fingerprint density at radius 1 is 1.04 bits per heavy atom. The number of benzene rings is 1. The zero-order valence-electron chi connectivity index (χ0n) is 15.3. The Bertz CT molecular complexity index is 930. The summed E-state index contributed by atoms with van der Waals surface area (Å²) in [6, 6.07) is 10.6. The van der Waals surface area contributed by atoms with Crippen molar-refractivity contribution in [1.82, 2.24) is 14.9 Å². The van der Waals surface area contributed by atoms with Crippen LogP contribution in [0.2, 0.25) is 0 Å². The molecule has 2 fully saturated rings. The van der Waals surface area contributed by atoms with E-state index in [-0.39, 0.29) is 6.61 Å². The lowest BCUT2D eigenvalue weighted by atomic mass is 10.1. The first-order chi connectivity index (χ1) is 13.3. The fraction of sp³-hybridized carbons (Fsp3) is 0.429. The fourth-order valence-corrected chi connectivity index (χ4v) is 4.80. The molecule has 2 aromatic heterocycles. The maximum Gasteiger partial charge on any atom is 0.141 e. The van der Waals surface area contributed by atoms with E-state index in [0.717, 1.165) is 49.2 Å². The van der Waals surface area contributed by atoms with Crippen molar-refractivity contribution in [2.45, 2.75) is 18.8 Å². The summed E-state index contributed by atoms with van der Waals surface area (Å²) < 4.78 is 0. The number of anilines is 1. The van der Waals surface area contributed by atoms with Gasteiger partial charge in [0, 0.05) is 49.6 Å². The van der Waals surface area contributed by atoms with Gasteiger partial charge in [0.25, 0.3) is 0 Å².